The van der Waals surface area contributed by atoms with Gasteiger partial charge in [0.2, 0.25) is 0 Å². The quantitative estimate of drug-likeness (QED) is 0.800. The standard InChI is InChI=1S/C13H15FN2O/c14-10-4-5-11-12(15-17-13(11)8-10)9-16-6-2-1-3-7-16/h4-5,8H,1-3,6-7,9H2. The highest BCUT2D eigenvalue weighted by Crippen LogP contribution is 2.21. The van der Waals surface area contributed by atoms with Crippen LogP contribution in [0.1, 0.15) is 25.0 Å². The number of hydrogen-bond donors (Lipinski definition) is 0. The van der Waals surface area contributed by atoms with Gasteiger partial charge in [0.15, 0.2) is 5.58 Å². The molecule has 2 aromatic rings. The minimum atomic E-state index is -0.279. The van der Waals surface area contributed by atoms with Gasteiger partial charge in [0.05, 0.1) is 0 Å². The molecule has 90 valence electrons. The molecule has 1 fully saturated rings. The first kappa shape index (κ1) is 10.7. The number of piperidine rings is 1. The molecule has 0 bridgehead atoms. The Morgan fingerprint density at radius 3 is 2.88 bits per heavy atom. The Bertz CT molecular complexity index is 517. The number of halogens is 1. The zero-order valence-electron chi connectivity index (χ0n) is 9.66. The highest BCUT2D eigenvalue weighted by atomic mass is 19.1. The number of aromatic nitrogens is 1. The zero-order chi connectivity index (χ0) is 11.7. The first-order valence-corrected chi connectivity index (χ1v) is 6.09. The summed E-state index contributed by atoms with van der Waals surface area (Å²) in [5, 5.41) is 4.97. The van der Waals surface area contributed by atoms with Crippen molar-refractivity contribution < 1.29 is 8.91 Å². The first-order valence-electron chi connectivity index (χ1n) is 6.09. The van der Waals surface area contributed by atoms with E-state index < -0.39 is 0 Å². The Kier molecular flexibility index (Phi) is 2.81. The van der Waals surface area contributed by atoms with Crippen molar-refractivity contribution in [3.8, 4) is 0 Å². The summed E-state index contributed by atoms with van der Waals surface area (Å²) in [6.07, 6.45) is 3.83. The molecule has 1 aliphatic heterocycles. The highest BCUT2D eigenvalue weighted by molar-refractivity contribution is 5.79. The van der Waals surface area contributed by atoms with Gasteiger partial charge < -0.3 is 4.52 Å². The predicted molar refractivity (Wildman–Crippen MR) is 63.1 cm³/mol. The van der Waals surface area contributed by atoms with E-state index in [1.54, 1.807) is 6.07 Å². The summed E-state index contributed by atoms with van der Waals surface area (Å²) in [5.41, 5.74) is 1.46. The van der Waals surface area contributed by atoms with Crippen LogP contribution in [-0.2, 0) is 6.54 Å². The van der Waals surface area contributed by atoms with Gasteiger partial charge in [0.1, 0.15) is 11.5 Å². The van der Waals surface area contributed by atoms with Gasteiger partial charge in [0, 0.05) is 18.0 Å². The second-order valence-corrected chi connectivity index (χ2v) is 4.61. The average molecular weight is 234 g/mol. The van der Waals surface area contributed by atoms with Crippen LogP contribution in [0.4, 0.5) is 4.39 Å². The third-order valence-corrected chi connectivity index (χ3v) is 3.33. The van der Waals surface area contributed by atoms with E-state index >= 15 is 0 Å². The highest BCUT2D eigenvalue weighted by Gasteiger charge is 2.15. The second kappa shape index (κ2) is 4.45. The molecule has 4 heteroatoms. The molecule has 1 saturated heterocycles. The first-order chi connectivity index (χ1) is 8.33. The van der Waals surface area contributed by atoms with Crippen LogP contribution in [-0.4, -0.2) is 23.1 Å². The minimum Gasteiger partial charge on any atom is -0.356 e. The molecule has 0 atom stereocenters. The van der Waals surface area contributed by atoms with Crippen molar-refractivity contribution in [2.75, 3.05) is 13.1 Å². The maximum absolute atomic E-state index is 13.0. The largest absolute Gasteiger partial charge is 0.356 e. The molecular weight excluding hydrogens is 219 g/mol. The molecule has 3 rings (SSSR count). The summed E-state index contributed by atoms with van der Waals surface area (Å²) < 4.78 is 18.2. The van der Waals surface area contributed by atoms with E-state index in [2.05, 4.69) is 10.1 Å². The maximum atomic E-state index is 13.0. The van der Waals surface area contributed by atoms with E-state index in [0.29, 0.717) is 5.58 Å². The number of hydrogen-bond acceptors (Lipinski definition) is 3. The third kappa shape index (κ3) is 2.17. The van der Waals surface area contributed by atoms with Crippen LogP contribution in [0.3, 0.4) is 0 Å². The molecule has 1 aliphatic rings. The molecule has 0 radical (unpaired) electrons. The van der Waals surface area contributed by atoms with Crippen LogP contribution < -0.4 is 0 Å². The van der Waals surface area contributed by atoms with Crippen molar-refractivity contribution in [1.29, 1.82) is 0 Å². The fourth-order valence-electron chi connectivity index (χ4n) is 2.41. The maximum Gasteiger partial charge on any atom is 0.170 e. The molecule has 2 heterocycles. The molecule has 0 spiro atoms. The average Bonchev–Trinajstić information content (AvgIpc) is 2.73. The molecule has 17 heavy (non-hydrogen) atoms. The monoisotopic (exact) mass is 234 g/mol. The Hall–Kier alpha value is -1.42. The van der Waals surface area contributed by atoms with E-state index in [4.69, 9.17) is 4.52 Å². The van der Waals surface area contributed by atoms with Gasteiger partial charge in [0.25, 0.3) is 0 Å². The fraction of sp³-hybridized carbons (Fsp3) is 0.462. The molecular formula is C13H15FN2O. The summed E-state index contributed by atoms with van der Waals surface area (Å²) in [6, 6.07) is 4.60. The number of fused-ring (bicyclic) bond motifs is 1. The van der Waals surface area contributed by atoms with E-state index in [9.17, 15) is 4.39 Å². The number of rotatable bonds is 2. The van der Waals surface area contributed by atoms with Gasteiger partial charge in [-0.2, -0.15) is 0 Å². The lowest BCUT2D eigenvalue weighted by molar-refractivity contribution is 0.216. The predicted octanol–water partition coefficient (Wildman–Crippen LogP) is 2.95. The topological polar surface area (TPSA) is 29.3 Å². The number of benzene rings is 1. The van der Waals surface area contributed by atoms with Gasteiger partial charge in [-0.25, -0.2) is 4.39 Å². The van der Waals surface area contributed by atoms with Crippen LogP contribution in [0.15, 0.2) is 22.7 Å². The molecule has 3 nitrogen and oxygen atoms in total. The van der Waals surface area contributed by atoms with Crippen molar-refractivity contribution in [2.45, 2.75) is 25.8 Å². The fourth-order valence-corrected chi connectivity index (χ4v) is 2.41. The lowest BCUT2D eigenvalue weighted by Gasteiger charge is -2.25. The summed E-state index contributed by atoms with van der Waals surface area (Å²) in [7, 11) is 0. The SMILES string of the molecule is Fc1ccc2c(CN3CCCCC3)noc2c1. The zero-order valence-corrected chi connectivity index (χ0v) is 9.66. The Balaban J connectivity index is 1.84. The van der Waals surface area contributed by atoms with Crippen molar-refractivity contribution >= 4 is 11.0 Å². The Morgan fingerprint density at radius 2 is 2.06 bits per heavy atom. The number of nitrogens with zero attached hydrogens (tertiary/aromatic N) is 2. The van der Waals surface area contributed by atoms with Crippen LogP contribution in [0.5, 0.6) is 0 Å². The van der Waals surface area contributed by atoms with E-state index in [1.807, 2.05) is 0 Å². The minimum absolute atomic E-state index is 0.279. The van der Waals surface area contributed by atoms with Gasteiger partial charge in [-0.15, -0.1) is 0 Å². The Labute approximate surface area is 99.2 Å². The molecule has 0 N–H and O–H groups in total. The van der Waals surface area contributed by atoms with Gasteiger partial charge in [-0.05, 0) is 38.1 Å². The third-order valence-electron chi connectivity index (χ3n) is 3.33. The normalized spacial score (nSPS) is 17.7. The summed E-state index contributed by atoms with van der Waals surface area (Å²) in [4.78, 5) is 2.38. The summed E-state index contributed by atoms with van der Waals surface area (Å²) >= 11 is 0. The van der Waals surface area contributed by atoms with E-state index in [-0.39, 0.29) is 5.82 Å². The Morgan fingerprint density at radius 1 is 1.24 bits per heavy atom. The molecule has 0 saturated carbocycles. The van der Waals surface area contributed by atoms with Crippen LogP contribution in [0, 0.1) is 5.82 Å². The lowest BCUT2D eigenvalue weighted by atomic mass is 10.1. The van der Waals surface area contributed by atoms with Gasteiger partial charge >= 0.3 is 0 Å². The van der Waals surface area contributed by atoms with Crippen LogP contribution in [0.25, 0.3) is 11.0 Å². The van der Waals surface area contributed by atoms with Crippen LogP contribution >= 0.6 is 0 Å². The smallest absolute Gasteiger partial charge is 0.170 e. The lowest BCUT2D eigenvalue weighted by Crippen LogP contribution is -2.29. The summed E-state index contributed by atoms with van der Waals surface area (Å²) in [5.74, 6) is -0.279. The van der Waals surface area contributed by atoms with Crippen molar-refractivity contribution in [3.63, 3.8) is 0 Å². The molecule has 0 amide bonds. The number of likely N-dealkylation sites (tertiary alicyclic amines) is 1. The molecule has 1 aromatic heterocycles. The molecule has 0 aliphatic carbocycles. The van der Waals surface area contributed by atoms with Crippen molar-refractivity contribution in [2.24, 2.45) is 0 Å². The molecule has 0 unspecified atom stereocenters. The van der Waals surface area contributed by atoms with E-state index in [0.717, 1.165) is 30.7 Å². The van der Waals surface area contributed by atoms with E-state index in [1.165, 1.54) is 31.4 Å². The molecule has 1 aromatic carbocycles. The van der Waals surface area contributed by atoms with Crippen molar-refractivity contribution in [3.05, 3.63) is 29.7 Å². The van der Waals surface area contributed by atoms with Gasteiger partial charge in [-0.3, -0.25) is 4.90 Å². The second-order valence-electron chi connectivity index (χ2n) is 4.61. The summed E-state index contributed by atoms with van der Waals surface area (Å²) in [6.45, 7) is 3.05. The van der Waals surface area contributed by atoms with Crippen molar-refractivity contribution in [1.82, 2.24) is 10.1 Å². The van der Waals surface area contributed by atoms with Gasteiger partial charge in [-0.1, -0.05) is 11.6 Å². The van der Waals surface area contributed by atoms with Crippen LogP contribution in [0.2, 0.25) is 0 Å².